The lowest BCUT2D eigenvalue weighted by Gasteiger charge is -2.27. The summed E-state index contributed by atoms with van der Waals surface area (Å²) in [6.45, 7) is 3.93. The Balaban J connectivity index is 1.73. The molecule has 0 radical (unpaired) electrons. The number of benzene rings is 2. The van der Waals surface area contributed by atoms with Gasteiger partial charge in [-0.2, -0.15) is 0 Å². The van der Waals surface area contributed by atoms with Gasteiger partial charge in [-0.15, -0.1) is 0 Å². The normalized spacial score (nSPS) is 16.6. The number of para-hydroxylation sites is 3. The van der Waals surface area contributed by atoms with Crippen LogP contribution in [-0.4, -0.2) is 19.2 Å². The molecule has 0 saturated carbocycles. The van der Waals surface area contributed by atoms with Gasteiger partial charge in [0.05, 0.1) is 17.9 Å². The van der Waals surface area contributed by atoms with Crippen molar-refractivity contribution in [2.24, 2.45) is 0 Å². The van der Waals surface area contributed by atoms with Crippen molar-refractivity contribution in [2.45, 2.75) is 19.4 Å². The molecule has 0 fully saturated rings. The molecule has 1 aliphatic heterocycles. The van der Waals surface area contributed by atoms with Gasteiger partial charge in [0.15, 0.2) is 0 Å². The number of nitrogen functional groups attached to an aromatic ring is 1. The topological polar surface area (TPSA) is 38.5 Å². The quantitative estimate of drug-likeness (QED) is 0.866. The van der Waals surface area contributed by atoms with Gasteiger partial charge in [-0.1, -0.05) is 30.3 Å². The first-order valence-corrected chi connectivity index (χ1v) is 7.12. The Morgan fingerprint density at radius 1 is 1.15 bits per heavy atom. The first-order chi connectivity index (χ1) is 9.78. The Kier molecular flexibility index (Phi) is 3.50. The van der Waals surface area contributed by atoms with Crippen LogP contribution >= 0.6 is 0 Å². The summed E-state index contributed by atoms with van der Waals surface area (Å²) in [4.78, 5) is 2.28. The van der Waals surface area contributed by atoms with Gasteiger partial charge in [0, 0.05) is 13.0 Å². The summed E-state index contributed by atoms with van der Waals surface area (Å²) >= 11 is 0. The van der Waals surface area contributed by atoms with Crippen LogP contribution in [-0.2, 0) is 6.42 Å². The van der Waals surface area contributed by atoms with E-state index in [0.717, 1.165) is 36.6 Å². The minimum Gasteiger partial charge on any atom is -0.488 e. The fourth-order valence-corrected chi connectivity index (χ4v) is 2.77. The average Bonchev–Trinajstić information content (AvgIpc) is 2.88. The molecule has 2 N–H and O–H groups in total. The van der Waals surface area contributed by atoms with Gasteiger partial charge in [0.2, 0.25) is 0 Å². The molecule has 3 rings (SSSR count). The van der Waals surface area contributed by atoms with E-state index in [9.17, 15) is 0 Å². The van der Waals surface area contributed by atoms with Gasteiger partial charge in [-0.05, 0) is 30.7 Å². The van der Waals surface area contributed by atoms with E-state index < -0.39 is 0 Å². The van der Waals surface area contributed by atoms with Crippen LogP contribution < -0.4 is 15.4 Å². The number of rotatable bonds is 4. The summed E-state index contributed by atoms with van der Waals surface area (Å²) in [5, 5.41) is 0. The fraction of sp³-hybridized carbons (Fsp3) is 0.294. The Morgan fingerprint density at radius 3 is 2.65 bits per heavy atom. The predicted octanol–water partition coefficient (Wildman–Crippen LogP) is 3.10. The summed E-state index contributed by atoms with van der Waals surface area (Å²) in [6.07, 6.45) is 1.17. The van der Waals surface area contributed by atoms with Crippen LogP contribution in [0.5, 0.6) is 5.75 Å². The van der Waals surface area contributed by atoms with Crippen LogP contribution in [0.3, 0.4) is 0 Å². The highest BCUT2D eigenvalue weighted by Gasteiger charge is 2.24. The molecule has 1 atom stereocenters. The van der Waals surface area contributed by atoms with Crippen molar-refractivity contribution in [3.05, 3.63) is 54.1 Å². The van der Waals surface area contributed by atoms with Crippen LogP contribution in [0.1, 0.15) is 12.5 Å². The summed E-state index contributed by atoms with van der Waals surface area (Å²) in [7, 11) is 0. The van der Waals surface area contributed by atoms with E-state index in [0.29, 0.717) is 0 Å². The minimum atomic E-state index is 0.201. The molecule has 104 valence electrons. The smallest absolute Gasteiger partial charge is 0.123 e. The van der Waals surface area contributed by atoms with Crippen molar-refractivity contribution in [3.8, 4) is 5.75 Å². The maximum Gasteiger partial charge on any atom is 0.123 e. The molecule has 0 bridgehead atoms. The third kappa shape index (κ3) is 2.44. The third-order valence-corrected chi connectivity index (χ3v) is 3.80. The zero-order valence-electron chi connectivity index (χ0n) is 11.8. The molecule has 0 aromatic heterocycles. The molecule has 20 heavy (non-hydrogen) atoms. The number of ether oxygens (including phenoxy) is 1. The number of anilines is 2. The summed E-state index contributed by atoms with van der Waals surface area (Å²) in [6, 6.07) is 16.3. The zero-order valence-corrected chi connectivity index (χ0v) is 11.8. The number of nitrogens with two attached hydrogens (primary N) is 1. The summed E-state index contributed by atoms with van der Waals surface area (Å²) in [5.41, 5.74) is 9.29. The van der Waals surface area contributed by atoms with Gasteiger partial charge in [-0.3, -0.25) is 0 Å². The van der Waals surface area contributed by atoms with Crippen molar-refractivity contribution in [1.29, 1.82) is 0 Å². The molecule has 0 aliphatic carbocycles. The molecule has 1 unspecified atom stereocenters. The second-order valence-corrected chi connectivity index (χ2v) is 5.15. The highest BCUT2D eigenvalue weighted by Crippen LogP contribution is 2.30. The highest BCUT2D eigenvalue weighted by molar-refractivity contribution is 5.67. The number of hydrogen-bond acceptors (Lipinski definition) is 3. The molecule has 3 nitrogen and oxygen atoms in total. The molecule has 0 saturated heterocycles. The Hall–Kier alpha value is -2.16. The second kappa shape index (κ2) is 5.45. The average molecular weight is 268 g/mol. The Morgan fingerprint density at radius 2 is 1.90 bits per heavy atom. The fourth-order valence-electron chi connectivity index (χ4n) is 2.77. The number of nitrogens with zero attached hydrogens (tertiary/aromatic N) is 1. The highest BCUT2D eigenvalue weighted by atomic mass is 16.5. The number of fused-ring (bicyclic) bond motifs is 1. The van der Waals surface area contributed by atoms with Gasteiger partial charge in [-0.25, -0.2) is 0 Å². The maximum absolute atomic E-state index is 6.07. The second-order valence-electron chi connectivity index (χ2n) is 5.15. The standard InChI is InChI=1S/C17H20N2O/c1-2-19(16-9-5-4-8-15(16)18)12-14-11-13-7-3-6-10-17(13)20-14/h3-10,14H,2,11-12,18H2,1H3. The van der Waals surface area contributed by atoms with Crippen LogP contribution in [0, 0.1) is 0 Å². The Bertz CT molecular complexity index is 572. The van der Waals surface area contributed by atoms with E-state index in [2.05, 4.69) is 30.0 Å². The van der Waals surface area contributed by atoms with Crippen molar-refractivity contribution in [1.82, 2.24) is 0 Å². The van der Waals surface area contributed by atoms with Crippen LogP contribution in [0.4, 0.5) is 11.4 Å². The molecular formula is C17H20N2O. The van der Waals surface area contributed by atoms with Crippen LogP contribution in [0.25, 0.3) is 0 Å². The monoisotopic (exact) mass is 268 g/mol. The SMILES string of the molecule is CCN(CC1Cc2ccccc2O1)c1ccccc1N. The van der Waals surface area contributed by atoms with E-state index in [1.807, 2.05) is 30.3 Å². The van der Waals surface area contributed by atoms with E-state index in [1.54, 1.807) is 0 Å². The van der Waals surface area contributed by atoms with Crippen molar-refractivity contribution >= 4 is 11.4 Å². The summed E-state index contributed by atoms with van der Waals surface area (Å²) < 4.78 is 6.02. The maximum atomic E-state index is 6.07. The lowest BCUT2D eigenvalue weighted by molar-refractivity contribution is 0.238. The molecule has 2 aromatic carbocycles. The third-order valence-electron chi connectivity index (χ3n) is 3.80. The first-order valence-electron chi connectivity index (χ1n) is 7.12. The van der Waals surface area contributed by atoms with Crippen LogP contribution in [0.15, 0.2) is 48.5 Å². The molecular weight excluding hydrogens is 248 g/mol. The molecule has 3 heteroatoms. The molecule has 0 spiro atoms. The van der Waals surface area contributed by atoms with Crippen LogP contribution in [0.2, 0.25) is 0 Å². The van der Waals surface area contributed by atoms with Crippen molar-refractivity contribution in [2.75, 3.05) is 23.7 Å². The lowest BCUT2D eigenvalue weighted by Crippen LogP contribution is -2.35. The molecule has 2 aromatic rings. The number of likely N-dealkylation sites (N-methyl/N-ethyl adjacent to an activating group) is 1. The predicted molar refractivity (Wildman–Crippen MR) is 83.3 cm³/mol. The summed E-state index contributed by atoms with van der Waals surface area (Å²) in [5.74, 6) is 1.02. The first kappa shape index (κ1) is 12.9. The molecule has 1 aliphatic rings. The minimum absolute atomic E-state index is 0.201. The molecule has 0 amide bonds. The Labute approximate surface area is 120 Å². The van der Waals surface area contributed by atoms with E-state index >= 15 is 0 Å². The van der Waals surface area contributed by atoms with Gasteiger partial charge in [0.1, 0.15) is 11.9 Å². The van der Waals surface area contributed by atoms with Gasteiger partial charge in [0.25, 0.3) is 0 Å². The zero-order chi connectivity index (χ0) is 13.9. The van der Waals surface area contributed by atoms with E-state index in [1.165, 1.54) is 5.56 Å². The largest absolute Gasteiger partial charge is 0.488 e. The van der Waals surface area contributed by atoms with Gasteiger partial charge >= 0.3 is 0 Å². The molecule has 1 heterocycles. The van der Waals surface area contributed by atoms with E-state index in [-0.39, 0.29) is 6.10 Å². The number of hydrogen-bond donors (Lipinski definition) is 1. The van der Waals surface area contributed by atoms with E-state index in [4.69, 9.17) is 10.5 Å². The van der Waals surface area contributed by atoms with Crippen molar-refractivity contribution in [3.63, 3.8) is 0 Å². The van der Waals surface area contributed by atoms with Crippen molar-refractivity contribution < 1.29 is 4.74 Å². The van der Waals surface area contributed by atoms with Gasteiger partial charge < -0.3 is 15.4 Å². The lowest BCUT2D eigenvalue weighted by atomic mass is 10.1.